The Bertz CT molecular complexity index is 329. The van der Waals surface area contributed by atoms with Crippen molar-refractivity contribution in [3.63, 3.8) is 0 Å². The molecular formula is C7H7N3OS. The number of azide groups is 1. The van der Waals surface area contributed by atoms with E-state index in [1.807, 2.05) is 11.4 Å². The number of nitrogens with zero attached hydrogens (tertiary/aromatic N) is 3. The lowest BCUT2D eigenvalue weighted by molar-refractivity contribution is 0.0953. The summed E-state index contributed by atoms with van der Waals surface area (Å²) in [6.45, 7) is 1.16. The summed E-state index contributed by atoms with van der Waals surface area (Å²) in [4.78, 5) is 3.97. The highest BCUT2D eigenvalue weighted by molar-refractivity contribution is 7.10. The second-order valence-corrected chi connectivity index (χ2v) is 3.54. The second-order valence-electron chi connectivity index (χ2n) is 2.53. The lowest BCUT2D eigenvalue weighted by atomic mass is 10.1. The van der Waals surface area contributed by atoms with Crippen LogP contribution < -0.4 is 0 Å². The summed E-state index contributed by atoms with van der Waals surface area (Å²) in [6, 6.07) is 1.88. The fraction of sp³-hybridized carbons (Fsp3) is 0.429. The summed E-state index contributed by atoms with van der Waals surface area (Å²) in [5.74, 6) is 0. The van der Waals surface area contributed by atoms with Gasteiger partial charge in [-0.1, -0.05) is 5.11 Å². The Morgan fingerprint density at radius 3 is 3.50 bits per heavy atom. The zero-order chi connectivity index (χ0) is 8.39. The summed E-state index contributed by atoms with van der Waals surface area (Å²) in [7, 11) is 0. The Balaban J connectivity index is 2.37. The first kappa shape index (κ1) is 7.61. The lowest BCUT2D eigenvalue weighted by Gasteiger charge is -2.17. The Labute approximate surface area is 73.4 Å². The van der Waals surface area contributed by atoms with E-state index in [-0.39, 0.29) is 6.04 Å². The smallest absolute Gasteiger partial charge is 0.0870 e. The van der Waals surface area contributed by atoms with E-state index in [4.69, 9.17) is 10.3 Å². The third-order valence-corrected chi connectivity index (χ3v) is 2.75. The molecule has 2 heterocycles. The van der Waals surface area contributed by atoms with Gasteiger partial charge in [-0.2, -0.15) is 0 Å². The van der Waals surface area contributed by atoms with Crippen LogP contribution in [0.15, 0.2) is 16.6 Å². The highest BCUT2D eigenvalue weighted by Crippen LogP contribution is 2.31. The number of rotatable bonds is 1. The lowest BCUT2D eigenvalue weighted by Crippen LogP contribution is -2.11. The summed E-state index contributed by atoms with van der Waals surface area (Å²) < 4.78 is 5.26. The minimum absolute atomic E-state index is 0.120. The first-order valence-corrected chi connectivity index (χ1v) is 4.48. The first-order chi connectivity index (χ1) is 5.92. The molecule has 1 aliphatic heterocycles. The van der Waals surface area contributed by atoms with Crippen molar-refractivity contribution in [1.29, 1.82) is 0 Å². The van der Waals surface area contributed by atoms with E-state index < -0.39 is 0 Å². The van der Waals surface area contributed by atoms with E-state index in [9.17, 15) is 0 Å². The fourth-order valence-corrected chi connectivity index (χ4v) is 2.15. The molecule has 0 bridgehead atoms. The largest absolute Gasteiger partial charge is 0.375 e. The van der Waals surface area contributed by atoms with E-state index in [1.165, 1.54) is 4.88 Å². The molecule has 0 aromatic carbocycles. The van der Waals surface area contributed by atoms with Gasteiger partial charge in [0.2, 0.25) is 0 Å². The van der Waals surface area contributed by atoms with E-state index in [0.717, 1.165) is 5.56 Å². The average Bonchev–Trinajstić information content (AvgIpc) is 2.53. The van der Waals surface area contributed by atoms with Gasteiger partial charge in [0.25, 0.3) is 0 Å². The van der Waals surface area contributed by atoms with Gasteiger partial charge >= 0.3 is 0 Å². The molecule has 2 rings (SSSR count). The van der Waals surface area contributed by atoms with E-state index in [2.05, 4.69) is 10.0 Å². The van der Waals surface area contributed by atoms with Gasteiger partial charge in [-0.25, -0.2) is 0 Å². The third kappa shape index (κ3) is 1.18. The van der Waals surface area contributed by atoms with Crippen LogP contribution in [-0.2, 0) is 11.3 Å². The maximum atomic E-state index is 8.29. The number of fused-ring (bicyclic) bond motifs is 1. The second kappa shape index (κ2) is 3.15. The minimum atomic E-state index is -0.120. The molecule has 0 saturated carbocycles. The van der Waals surface area contributed by atoms with Crippen molar-refractivity contribution in [1.82, 2.24) is 0 Å². The van der Waals surface area contributed by atoms with Gasteiger partial charge in [0.15, 0.2) is 0 Å². The van der Waals surface area contributed by atoms with Gasteiger partial charge in [0, 0.05) is 9.79 Å². The number of hydrogen-bond acceptors (Lipinski definition) is 3. The molecule has 5 heteroatoms. The molecule has 0 N–H and O–H groups in total. The standard InChI is InChI=1S/C7H7N3OS/c8-10-9-6-3-11-4-7-5(6)1-2-12-7/h1-2,6H,3-4H2. The van der Waals surface area contributed by atoms with E-state index in [1.54, 1.807) is 11.3 Å². The van der Waals surface area contributed by atoms with Crippen LogP contribution in [0.3, 0.4) is 0 Å². The Hall–Kier alpha value is -1.03. The van der Waals surface area contributed by atoms with Crippen LogP contribution in [0.4, 0.5) is 0 Å². The molecule has 0 radical (unpaired) electrons. The third-order valence-electron chi connectivity index (χ3n) is 1.84. The van der Waals surface area contributed by atoms with Crippen LogP contribution in [0, 0.1) is 0 Å². The molecule has 1 aromatic heterocycles. The van der Waals surface area contributed by atoms with E-state index in [0.29, 0.717) is 13.2 Å². The first-order valence-electron chi connectivity index (χ1n) is 3.60. The Kier molecular flexibility index (Phi) is 1.99. The van der Waals surface area contributed by atoms with Crippen molar-refractivity contribution in [2.75, 3.05) is 6.61 Å². The molecule has 0 fully saturated rings. The summed E-state index contributed by atoms with van der Waals surface area (Å²) in [6.07, 6.45) is 0. The molecule has 1 atom stereocenters. The van der Waals surface area contributed by atoms with Gasteiger partial charge in [-0.05, 0) is 22.5 Å². The fourth-order valence-electron chi connectivity index (χ4n) is 1.28. The topological polar surface area (TPSA) is 58.0 Å². The molecular weight excluding hydrogens is 174 g/mol. The quantitative estimate of drug-likeness (QED) is 0.373. The van der Waals surface area contributed by atoms with Crippen molar-refractivity contribution in [3.05, 3.63) is 32.3 Å². The van der Waals surface area contributed by atoms with Crippen molar-refractivity contribution >= 4 is 11.3 Å². The number of thiophene rings is 1. The predicted octanol–water partition coefficient (Wildman–Crippen LogP) is 2.63. The SMILES string of the molecule is [N-]=[N+]=NC1COCc2sccc21. The van der Waals surface area contributed by atoms with Crippen molar-refractivity contribution in [3.8, 4) is 0 Å². The molecule has 12 heavy (non-hydrogen) atoms. The van der Waals surface area contributed by atoms with Crippen molar-refractivity contribution in [2.45, 2.75) is 12.6 Å². The number of ether oxygens (including phenoxy) is 1. The molecule has 62 valence electrons. The monoisotopic (exact) mass is 181 g/mol. The zero-order valence-electron chi connectivity index (χ0n) is 6.30. The van der Waals surface area contributed by atoms with Crippen LogP contribution in [0.2, 0.25) is 0 Å². The highest BCUT2D eigenvalue weighted by atomic mass is 32.1. The van der Waals surface area contributed by atoms with Gasteiger partial charge in [-0.15, -0.1) is 11.3 Å². The van der Waals surface area contributed by atoms with Gasteiger partial charge in [-0.3, -0.25) is 0 Å². The van der Waals surface area contributed by atoms with Crippen LogP contribution in [0.5, 0.6) is 0 Å². The Morgan fingerprint density at radius 2 is 2.67 bits per heavy atom. The van der Waals surface area contributed by atoms with Gasteiger partial charge < -0.3 is 4.74 Å². The summed E-state index contributed by atoms with van der Waals surface area (Å²) in [5.41, 5.74) is 9.42. The zero-order valence-corrected chi connectivity index (χ0v) is 7.12. The Morgan fingerprint density at radius 1 is 1.75 bits per heavy atom. The molecule has 0 saturated heterocycles. The summed E-state index contributed by atoms with van der Waals surface area (Å²) in [5, 5.41) is 5.66. The molecule has 4 nitrogen and oxygen atoms in total. The van der Waals surface area contributed by atoms with Crippen LogP contribution in [0.1, 0.15) is 16.5 Å². The van der Waals surface area contributed by atoms with Gasteiger partial charge in [0.1, 0.15) is 0 Å². The highest BCUT2D eigenvalue weighted by Gasteiger charge is 2.19. The van der Waals surface area contributed by atoms with Crippen molar-refractivity contribution < 1.29 is 4.74 Å². The molecule has 0 spiro atoms. The molecule has 1 aromatic rings. The average molecular weight is 181 g/mol. The van der Waals surface area contributed by atoms with Crippen LogP contribution in [-0.4, -0.2) is 6.61 Å². The molecule has 0 aliphatic carbocycles. The summed E-state index contributed by atoms with van der Waals surface area (Å²) >= 11 is 1.65. The molecule has 1 aliphatic rings. The maximum absolute atomic E-state index is 8.29. The molecule has 1 unspecified atom stereocenters. The van der Waals surface area contributed by atoms with E-state index >= 15 is 0 Å². The maximum Gasteiger partial charge on any atom is 0.0870 e. The minimum Gasteiger partial charge on any atom is -0.375 e. The molecule has 0 amide bonds. The van der Waals surface area contributed by atoms with Crippen molar-refractivity contribution in [2.24, 2.45) is 5.11 Å². The van der Waals surface area contributed by atoms with Gasteiger partial charge in [0.05, 0.1) is 19.3 Å². The predicted molar refractivity (Wildman–Crippen MR) is 45.9 cm³/mol. The van der Waals surface area contributed by atoms with Crippen LogP contribution >= 0.6 is 11.3 Å². The van der Waals surface area contributed by atoms with Crippen LogP contribution in [0.25, 0.3) is 10.4 Å². The normalized spacial score (nSPS) is 21.2. The number of hydrogen-bond donors (Lipinski definition) is 0.